The maximum Gasteiger partial charge on any atom is 0.491 e. The predicted octanol–water partition coefficient (Wildman–Crippen LogP) is 0.0432. The topological polar surface area (TPSA) is 95.2 Å². The summed E-state index contributed by atoms with van der Waals surface area (Å²) < 4.78 is 39.2. The number of primary amides is 1. The van der Waals surface area contributed by atoms with Crippen molar-refractivity contribution in [3.05, 3.63) is 18.1 Å². The molecule has 0 bridgehead atoms. The molecule has 0 unspecified atom stereocenters. The van der Waals surface area contributed by atoms with Gasteiger partial charge in [-0.3, -0.25) is 9.78 Å². The third-order valence-electron chi connectivity index (χ3n) is 1.29. The Morgan fingerprint density at radius 3 is 2.44 bits per heavy atom. The van der Waals surface area contributed by atoms with E-state index in [-0.39, 0.29) is 0 Å². The Hall–Kier alpha value is -2.19. The van der Waals surface area contributed by atoms with E-state index in [0.717, 1.165) is 12.4 Å². The Bertz CT molecular complexity index is 432. The lowest BCUT2D eigenvalue weighted by molar-refractivity contribution is -0.190. The summed E-state index contributed by atoms with van der Waals surface area (Å²) in [4.78, 5) is 27.6. The molecule has 16 heavy (non-hydrogen) atoms. The fraction of sp³-hybridized carbons (Fsp3) is 0.143. The van der Waals surface area contributed by atoms with E-state index in [1.807, 2.05) is 0 Å². The van der Waals surface area contributed by atoms with Crippen LogP contribution in [-0.4, -0.2) is 28.0 Å². The van der Waals surface area contributed by atoms with Crippen molar-refractivity contribution < 1.29 is 27.5 Å². The number of halogens is 3. The molecule has 0 aliphatic rings. The van der Waals surface area contributed by atoms with E-state index in [9.17, 15) is 22.8 Å². The average molecular weight is 235 g/mol. The summed E-state index contributed by atoms with van der Waals surface area (Å²) in [5.74, 6) is -4.21. The average Bonchev–Trinajstić information content (AvgIpc) is 2.16. The third kappa shape index (κ3) is 2.90. The molecule has 2 N–H and O–H groups in total. The second-order valence-corrected chi connectivity index (χ2v) is 2.49. The van der Waals surface area contributed by atoms with Gasteiger partial charge in [0, 0.05) is 0 Å². The number of amides is 1. The highest BCUT2D eigenvalue weighted by Crippen LogP contribution is 2.18. The smallest absolute Gasteiger partial charge is 0.399 e. The zero-order chi connectivity index (χ0) is 12.3. The van der Waals surface area contributed by atoms with Crippen LogP contribution in [0.15, 0.2) is 12.4 Å². The molecular formula is C7H4F3N3O3. The number of alkyl halides is 3. The molecule has 1 aromatic heterocycles. The maximum atomic E-state index is 11.8. The molecule has 0 atom stereocenters. The van der Waals surface area contributed by atoms with E-state index >= 15 is 0 Å². The number of rotatable bonds is 2. The van der Waals surface area contributed by atoms with Crippen molar-refractivity contribution in [3.8, 4) is 5.88 Å². The van der Waals surface area contributed by atoms with Crippen LogP contribution in [0.4, 0.5) is 13.2 Å². The Kier molecular flexibility index (Phi) is 3.06. The predicted molar refractivity (Wildman–Crippen MR) is 42.2 cm³/mol. The number of nitrogens with zero attached hydrogens (tertiary/aromatic N) is 2. The Labute approximate surface area is 86.2 Å². The summed E-state index contributed by atoms with van der Waals surface area (Å²) in [6.45, 7) is 0. The van der Waals surface area contributed by atoms with Crippen LogP contribution in [-0.2, 0) is 4.79 Å². The molecule has 0 saturated heterocycles. The molecule has 86 valence electrons. The first-order valence-electron chi connectivity index (χ1n) is 3.71. The van der Waals surface area contributed by atoms with Crippen molar-refractivity contribution in [2.24, 2.45) is 5.73 Å². The molecular weight excluding hydrogens is 231 g/mol. The molecule has 0 fully saturated rings. The van der Waals surface area contributed by atoms with Gasteiger partial charge in [0.05, 0.1) is 12.4 Å². The van der Waals surface area contributed by atoms with Gasteiger partial charge in [-0.25, -0.2) is 9.78 Å². The lowest BCUT2D eigenvalue weighted by atomic mass is 10.4. The Morgan fingerprint density at radius 2 is 1.94 bits per heavy atom. The van der Waals surface area contributed by atoms with Crippen molar-refractivity contribution in [1.29, 1.82) is 0 Å². The van der Waals surface area contributed by atoms with Crippen LogP contribution >= 0.6 is 0 Å². The second kappa shape index (κ2) is 4.13. The normalized spacial score (nSPS) is 10.9. The van der Waals surface area contributed by atoms with E-state index < -0.39 is 29.6 Å². The van der Waals surface area contributed by atoms with Crippen LogP contribution in [0.25, 0.3) is 0 Å². The van der Waals surface area contributed by atoms with Crippen LogP contribution < -0.4 is 10.5 Å². The SMILES string of the molecule is NC(=O)c1cncc(OC(=O)C(F)(F)F)n1. The molecule has 1 aromatic rings. The Balaban J connectivity index is 2.87. The molecule has 6 nitrogen and oxygen atoms in total. The molecule has 0 saturated carbocycles. The summed E-state index contributed by atoms with van der Waals surface area (Å²) in [5.41, 5.74) is 4.39. The number of hydrogen-bond acceptors (Lipinski definition) is 5. The fourth-order valence-corrected chi connectivity index (χ4v) is 0.669. The molecule has 0 radical (unpaired) electrons. The number of esters is 1. The van der Waals surface area contributed by atoms with Gasteiger partial charge in [-0.1, -0.05) is 0 Å². The van der Waals surface area contributed by atoms with Crippen LogP contribution in [0.1, 0.15) is 10.5 Å². The highest BCUT2D eigenvalue weighted by molar-refractivity contribution is 5.90. The van der Waals surface area contributed by atoms with Crippen molar-refractivity contribution in [1.82, 2.24) is 9.97 Å². The zero-order valence-electron chi connectivity index (χ0n) is 7.49. The first kappa shape index (κ1) is 11.9. The number of carbonyl (C=O) groups excluding carboxylic acids is 2. The standard InChI is InChI=1S/C7H4F3N3O3/c8-7(9,10)6(15)16-4-2-12-1-3(13-4)5(11)14/h1-2H,(H2,11,14). The molecule has 9 heteroatoms. The minimum absolute atomic E-state index is 0.410. The van der Waals surface area contributed by atoms with Gasteiger partial charge >= 0.3 is 12.1 Å². The highest BCUT2D eigenvalue weighted by atomic mass is 19.4. The maximum absolute atomic E-state index is 11.8. The van der Waals surface area contributed by atoms with Gasteiger partial charge in [-0.05, 0) is 0 Å². The van der Waals surface area contributed by atoms with E-state index in [1.54, 1.807) is 0 Å². The monoisotopic (exact) mass is 235 g/mol. The van der Waals surface area contributed by atoms with E-state index in [0.29, 0.717) is 0 Å². The molecule has 0 aliphatic carbocycles. The minimum atomic E-state index is -5.15. The first-order chi connectivity index (χ1) is 7.30. The van der Waals surface area contributed by atoms with Crippen molar-refractivity contribution in [2.75, 3.05) is 0 Å². The largest absolute Gasteiger partial charge is 0.491 e. The first-order valence-corrected chi connectivity index (χ1v) is 3.71. The number of hydrogen-bond donors (Lipinski definition) is 1. The third-order valence-corrected chi connectivity index (χ3v) is 1.29. The summed E-state index contributed by atoms with van der Waals surface area (Å²) in [5, 5.41) is 0. The van der Waals surface area contributed by atoms with Crippen LogP contribution in [0, 0.1) is 0 Å². The molecule has 1 amide bonds. The van der Waals surface area contributed by atoms with Gasteiger partial charge in [-0.2, -0.15) is 13.2 Å². The quantitative estimate of drug-likeness (QED) is 0.730. The number of aromatic nitrogens is 2. The van der Waals surface area contributed by atoms with Gasteiger partial charge < -0.3 is 10.5 Å². The minimum Gasteiger partial charge on any atom is -0.399 e. The number of carbonyl (C=O) groups is 2. The second-order valence-electron chi connectivity index (χ2n) is 2.49. The highest BCUT2D eigenvalue weighted by Gasteiger charge is 2.41. The number of ether oxygens (including phenoxy) is 1. The van der Waals surface area contributed by atoms with Crippen molar-refractivity contribution in [2.45, 2.75) is 6.18 Å². The van der Waals surface area contributed by atoms with Gasteiger partial charge in [0.25, 0.3) is 5.91 Å². The molecule has 0 aromatic carbocycles. The molecule has 0 aliphatic heterocycles. The van der Waals surface area contributed by atoms with Gasteiger partial charge in [-0.15, -0.1) is 0 Å². The van der Waals surface area contributed by atoms with E-state index in [2.05, 4.69) is 14.7 Å². The van der Waals surface area contributed by atoms with Crippen LogP contribution in [0.2, 0.25) is 0 Å². The fourth-order valence-electron chi connectivity index (χ4n) is 0.669. The summed E-state index contributed by atoms with van der Waals surface area (Å²) in [6.07, 6.45) is -3.48. The molecule has 1 heterocycles. The van der Waals surface area contributed by atoms with Crippen molar-refractivity contribution >= 4 is 11.9 Å². The van der Waals surface area contributed by atoms with Crippen molar-refractivity contribution in [3.63, 3.8) is 0 Å². The summed E-state index contributed by atoms with van der Waals surface area (Å²) >= 11 is 0. The Morgan fingerprint density at radius 1 is 1.31 bits per heavy atom. The molecule has 0 spiro atoms. The van der Waals surface area contributed by atoms with E-state index in [4.69, 9.17) is 5.73 Å². The van der Waals surface area contributed by atoms with Gasteiger partial charge in [0.1, 0.15) is 5.69 Å². The number of nitrogens with two attached hydrogens (primary N) is 1. The summed E-state index contributed by atoms with van der Waals surface area (Å²) in [7, 11) is 0. The molecule has 1 rings (SSSR count). The van der Waals surface area contributed by atoms with Crippen LogP contribution in [0.5, 0.6) is 5.88 Å². The lowest BCUT2D eigenvalue weighted by Crippen LogP contribution is -2.28. The summed E-state index contributed by atoms with van der Waals surface area (Å²) in [6, 6.07) is 0. The zero-order valence-corrected chi connectivity index (χ0v) is 7.49. The lowest BCUT2D eigenvalue weighted by Gasteiger charge is -2.05. The van der Waals surface area contributed by atoms with E-state index in [1.165, 1.54) is 0 Å². The van der Waals surface area contributed by atoms with Crippen LogP contribution in [0.3, 0.4) is 0 Å². The van der Waals surface area contributed by atoms with Gasteiger partial charge in [0.15, 0.2) is 0 Å². The van der Waals surface area contributed by atoms with Gasteiger partial charge in [0.2, 0.25) is 5.88 Å².